The highest BCUT2D eigenvalue weighted by Crippen LogP contribution is 2.44. The molecule has 2 saturated heterocycles. The van der Waals surface area contributed by atoms with Gasteiger partial charge in [0.25, 0.3) is 0 Å². The summed E-state index contributed by atoms with van der Waals surface area (Å²) in [5, 5.41) is 10.1. The number of hydrogen-bond donors (Lipinski definition) is 1. The quantitative estimate of drug-likeness (QED) is 0.790. The van der Waals surface area contributed by atoms with Crippen molar-refractivity contribution in [3.8, 4) is 11.5 Å². The zero-order valence-electron chi connectivity index (χ0n) is 18.2. The lowest BCUT2D eigenvalue weighted by molar-refractivity contribution is -0.211. The molecule has 2 aliphatic heterocycles. The van der Waals surface area contributed by atoms with Gasteiger partial charge in [0.2, 0.25) is 0 Å². The van der Waals surface area contributed by atoms with E-state index in [-0.39, 0.29) is 17.5 Å². The van der Waals surface area contributed by atoms with Gasteiger partial charge in [-0.2, -0.15) is 0 Å². The first-order valence-corrected chi connectivity index (χ1v) is 10.9. The van der Waals surface area contributed by atoms with Crippen LogP contribution in [0.25, 0.3) is 0 Å². The molecule has 0 bridgehead atoms. The highest BCUT2D eigenvalue weighted by Gasteiger charge is 2.46. The van der Waals surface area contributed by atoms with Crippen molar-refractivity contribution in [1.82, 2.24) is 4.90 Å². The van der Waals surface area contributed by atoms with E-state index in [4.69, 9.17) is 14.2 Å². The molecule has 1 N–H and O–H groups in total. The lowest BCUT2D eigenvalue weighted by Crippen LogP contribution is -2.58. The Morgan fingerprint density at radius 1 is 1.20 bits per heavy atom. The first-order chi connectivity index (χ1) is 14.5. The van der Waals surface area contributed by atoms with Crippen LogP contribution < -0.4 is 4.74 Å². The summed E-state index contributed by atoms with van der Waals surface area (Å²) >= 11 is 0. The van der Waals surface area contributed by atoms with Crippen LogP contribution in [0.15, 0.2) is 48.5 Å². The number of phenols is 1. The fourth-order valence-electron chi connectivity index (χ4n) is 4.89. The van der Waals surface area contributed by atoms with Gasteiger partial charge in [0.05, 0.1) is 26.4 Å². The van der Waals surface area contributed by atoms with Crippen molar-refractivity contribution in [3.05, 3.63) is 59.7 Å². The molecule has 30 heavy (non-hydrogen) atoms. The second kappa shape index (κ2) is 8.96. The second-order valence-electron chi connectivity index (χ2n) is 9.00. The van der Waals surface area contributed by atoms with E-state index in [2.05, 4.69) is 49.1 Å². The van der Waals surface area contributed by atoms with Gasteiger partial charge in [-0.3, -0.25) is 4.90 Å². The molecule has 2 fully saturated rings. The summed E-state index contributed by atoms with van der Waals surface area (Å²) < 4.78 is 18.0. The molecule has 1 spiro atoms. The summed E-state index contributed by atoms with van der Waals surface area (Å²) in [5.41, 5.74) is 2.06. The van der Waals surface area contributed by atoms with E-state index in [0.717, 1.165) is 31.6 Å². The summed E-state index contributed by atoms with van der Waals surface area (Å²) in [4.78, 5) is 2.41. The predicted octanol–water partition coefficient (Wildman–Crippen LogP) is 4.41. The van der Waals surface area contributed by atoms with Crippen LogP contribution in [0.2, 0.25) is 0 Å². The molecular weight excluding hydrogens is 378 g/mol. The smallest absolute Gasteiger partial charge is 0.160 e. The molecule has 2 aliphatic rings. The summed E-state index contributed by atoms with van der Waals surface area (Å²) in [7, 11) is 1.57. The van der Waals surface area contributed by atoms with Crippen LogP contribution in [0.3, 0.4) is 0 Å². The van der Waals surface area contributed by atoms with Gasteiger partial charge in [-0.1, -0.05) is 50.2 Å². The van der Waals surface area contributed by atoms with Crippen molar-refractivity contribution in [1.29, 1.82) is 0 Å². The average Bonchev–Trinajstić information content (AvgIpc) is 2.74. The van der Waals surface area contributed by atoms with Crippen LogP contribution in [0.5, 0.6) is 11.5 Å². The molecule has 0 amide bonds. The Hall–Kier alpha value is -2.08. The number of rotatable bonds is 5. The SMILES string of the molecule is COc1ccc(CN2CCO[C@]3(CO[C@@H](c4ccccc4)[C@H](C(C)C)C3)C2)cc1O. The zero-order chi connectivity index (χ0) is 21.1. The molecule has 3 atom stereocenters. The van der Waals surface area contributed by atoms with Crippen molar-refractivity contribution in [2.75, 3.05) is 33.4 Å². The maximum absolute atomic E-state index is 10.1. The van der Waals surface area contributed by atoms with Crippen LogP contribution in [0.4, 0.5) is 0 Å². The average molecular weight is 412 g/mol. The van der Waals surface area contributed by atoms with Crippen LogP contribution in [0.1, 0.15) is 37.5 Å². The molecular formula is C25H33NO4. The minimum Gasteiger partial charge on any atom is -0.504 e. The number of ether oxygens (including phenoxy) is 3. The molecule has 5 heteroatoms. The molecule has 0 radical (unpaired) electrons. The van der Waals surface area contributed by atoms with E-state index < -0.39 is 0 Å². The monoisotopic (exact) mass is 411 g/mol. The first-order valence-electron chi connectivity index (χ1n) is 10.9. The predicted molar refractivity (Wildman–Crippen MR) is 117 cm³/mol. The van der Waals surface area contributed by atoms with Crippen molar-refractivity contribution < 1.29 is 19.3 Å². The van der Waals surface area contributed by atoms with Gasteiger partial charge < -0.3 is 19.3 Å². The molecule has 0 saturated carbocycles. The van der Waals surface area contributed by atoms with Gasteiger partial charge in [-0.15, -0.1) is 0 Å². The molecule has 0 unspecified atom stereocenters. The third-order valence-corrected chi connectivity index (χ3v) is 6.48. The Morgan fingerprint density at radius 2 is 2.00 bits per heavy atom. The van der Waals surface area contributed by atoms with E-state index in [9.17, 15) is 5.11 Å². The molecule has 5 nitrogen and oxygen atoms in total. The lowest BCUT2D eigenvalue weighted by Gasteiger charge is -2.50. The number of morpholine rings is 1. The van der Waals surface area contributed by atoms with Crippen LogP contribution in [-0.2, 0) is 16.0 Å². The molecule has 2 aromatic carbocycles. The second-order valence-corrected chi connectivity index (χ2v) is 9.00. The minimum absolute atomic E-state index is 0.120. The first kappa shape index (κ1) is 21.2. The topological polar surface area (TPSA) is 51.2 Å². The number of nitrogens with zero attached hydrogens (tertiary/aromatic N) is 1. The number of aromatic hydroxyl groups is 1. The van der Waals surface area contributed by atoms with Crippen molar-refractivity contribution in [3.63, 3.8) is 0 Å². The molecule has 0 aromatic heterocycles. The number of hydrogen-bond acceptors (Lipinski definition) is 5. The van der Waals surface area contributed by atoms with E-state index in [1.807, 2.05) is 12.1 Å². The van der Waals surface area contributed by atoms with Gasteiger partial charge in [0.1, 0.15) is 5.60 Å². The fraction of sp³-hybridized carbons (Fsp3) is 0.520. The third kappa shape index (κ3) is 4.48. The Bertz CT molecular complexity index is 840. The Balaban J connectivity index is 1.47. The van der Waals surface area contributed by atoms with Crippen LogP contribution in [-0.4, -0.2) is 49.0 Å². The number of phenolic OH excluding ortho intramolecular Hbond substituents is 1. The maximum Gasteiger partial charge on any atom is 0.160 e. The maximum atomic E-state index is 10.1. The highest BCUT2D eigenvalue weighted by molar-refractivity contribution is 5.41. The highest BCUT2D eigenvalue weighted by atomic mass is 16.6. The zero-order valence-corrected chi connectivity index (χ0v) is 18.2. The van der Waals surface area contributed by atoms with Crippen molar-refractivity contribution in [2.45, 2.75) is 38.5 Å². The van der Waals surface area contributed by atoms with Crippen LogP contribution in [0, 0.1) is 11.8 Å². The Morgan fingerprint density at radius 3 is 2.70 bits per heavy atom. The van der Waals surface area contributed by atoms with E-state index >= 15 is 0 Å². The molecule has 2 heterocycles. The Kier molecular flexibility index (Phi) is 6.32. The summed E-state index contributed by atoms with van der Waals surface area (Å²) in [5.74, 6) is 1.60. The lowest BCUT2D eigenvalue weighted by atomic mass is 9.75. The normalized spacial score (nSPS) is 27.5. The van der Waals surface area contributed by atoms with Gasteiger partial charge >= 0.3 is 0 Å². The third-order valence-electron chi connectivity index (χ3n) is 6.48. The van der Waals surface area contributed by atoms with Gasteiger partial charge in [-0.05, 0) is 41.5 Å². The Labute approximate surface area is 179 Å². The van der Waals surface area contributed by atoms with E-state index in [0.29, 0.717) is 30.8 Å². The standard InChI is InChI=1S/C25H33NO4/c1-18(2)21-14-25(17-29-24(21)20-7-5-4-6-8-20)16-26(11-12-30-25)15-19-9-10-23(28-3)22(27)13-19/h4-10,13,18,21,24,27H,11-12,14-17H2,1-3H3/t21-,24-,25-/m0/s1. The molecule has 4 rings (SSSR count). The van der Waals surface area contributed by atoms with Crippen LogP contribution >= 0.6 is 0 Å². The van der Waals surface area contributed by atoms with Gasteiger partial charge in [0.15, 0.2) is 11.5 Å². The van der Waals surface area contributed by atoms with Crippen molar-refractivity contribution >= 4 is 0 Å². The number of methoxy groups -OCH3 is 1. The molecule has 2 aromatic rings. The summed E-state index contributed by atoms with van der Waals surface area (Å²) in [6.45, 7) is 8.37. The van der Waals surface area contributed by atoms with Crippen molar-refractivity contribution in [2.24, 2.45) is 11.8 Å². The van der Waals surface area contributed by atoms with E-state index in [1.54, 1.807) is 13.2 Å². The van der Waals surface area contributed by atoms with Gasteiger partial charge in [0, 0.05) is 19.6 Å². The van der Waals surface area contributed by atoms with Gasteiger partial charge in [-0.25, -0.2) is 0 Å². The van der Waals surface area contributed by atoms with E-state index in [1.165, 1.54) is 5.56 Å². The summed E-state index contributed by atoms with van der Waals surface area (Å²) in [6.07, 6.45) is 1.11. The summed E-state index contributed by atoms with van der Waals surface area (Å²) in [6, 6.07) is 16.2. The fourth-order valence-corrected chi connectivity index (χ4v) is 4.89. The molecule has 0 aliphatic carbocycles. The minimum atomic E-state index is -0.271. The largest absolute Gasteiger partial charge is 0.504 e. The number of benzene rings is 2. The molecule has 162 valence electrons.